The second kappa shape index (κ2) is 2.60. The van der Waals surface area contributed by atoms with Gasteiger partial charge in [0.05, 0.1) is 19.6 Å². The Morgan fingerprint density at radius 3 is 3.14 bits per heavy atom. The molecule has 2 aliphatic carbocycles. The molecule has 1 saturated carbocycles. The quantitative estimate of drug-likeness (QED) is 0.461. The smallest absolute Gasteiger partial charge is 0.309 e. The summed E-state index contributed by atoms with van der Waals surface area (Å²) >= 11 is 0. The standard InChI is InChI=1S/C11H14O3/c1-13-10(12)9-7-2-4-11(7)6-14-5-3-8(9)11/h2,4,7-9H,3,5-6H2,1H3/t7-,8-,9+,11+/m0/s1. The molecule has 1 saturated heterocycles. The molecule has 0 N–H and O–H groups in total. The Bertz CT molecular complexity index is 310. The average Bonchev–Trinajstić information content (AvgIpc) is 2.23. The highest BCUT2D eigenvalue weighted by Crippen LogP contribution is 2.65. The predicted octanol–water partition coefficient (Wildman–Crippen LogP) is 0.998. The Morgan fingerprint density at radius 2 is 2.50 bits per heavy atom. The fraction of sp³-hybridized carbons (Fsp3) is 0.727. The van der Waals surface area contributed by atoms with Gasteiger partial charge in [-0.2, -0.15) is 0 Å². The highest BCUT2D eigenvalue weighted by molar-refractivity contribution is 5.76. The lowest BCUT2D eigenvalue weighted by Gasteiger charge is -2.64. The molecule has 76 valence electrons. The van der Waals surface area contributed by atoms with Gasteiger partial charge in [-0.05, 0) is 12.3 Å². The van der Waals surface area contributed by atoms with Crippen LogP contribution >= 0.6 is 0 Å². The van der Waals surface area contributed by atoms with Gasteiger partial charge in [0.25, 0.3) is 0 Å². The van der Waals surface area contributed by atoms with Crippen LogP contribution in [0.1, 0.15) is 6.42 Å². The Labute approximate surface area is 83.1 Å². The Balaban J connectivity index is 1.85. The first-order valence-corrected chi connectivity index (χ1v) is 5.14. The summed E-state index contributed by atoms with van der Waals surface area (Å²) in [5.41, 5.74) is 0.205. The zero-order chi connectivity index (χ0) is 9.76. The second-order valence-electron chi connectivity index (χ2n) is 4.49. The number of hydrogen-bond acceptors (Lipinski definition) is 3. The van der Waals surface area contributed by atoms with Gasteiger partial charge in [-0.3, -0.25) is 4.79 Å². The summed E-state index contributed by atoms with van der Waals surface area (Å²) in [6.07, 6.45) is 5.36. The molecule has 1 heterocycles. The fourth-order valence-electron chi connectivity index (χ4n) is 3.35. The van der Waals surface area contributed by atoms with Crippen LogP contribution in [-0.2, 0) is 14.3 Å². The minimum atomic E-state index is -0.0399. The first-order valence-electron chi connectivity index (χ1n) is 5.14. The van der Waals surface area contributed by atoms with Crippen LogP contribution in [-0.4, -0.2) is 26.3 Å². The number of hydrogen-bond donors (Lipinski definition) is 0. The van der Waals surface area contributed by atoms with Crippen LogP contribution in [0.2, 0.25) is 0 Å². The van der Waals surface area contributed by atoms with Crippen LogP contribution in [0.25, 0.3) is 0 Å². The molecule has 0 radical (unpaired) electrons. The molecule has 0 aromatic carbocycles. The van der Waals surface area contributed by atoms with E-state index in [9.17, 15) is 4.79 Å². The van der Waals surface area contributed by atoms with E-state index in [4.69, 9.17) is 9.47 Å². The van der Waals surface area contributed by atoms with Crippen molar-refractivity contribution in [2.24, 2.45) is 23.2 Å². The number of allylic oxidation sites excluding steroid dienone is 1. The lowest BCUT2D eigenvalue weighted by atomic mass is 9.40. The molecule has 3 nitrogen and oxygen atoms in total. The maximum atomic E-state index is 11.5. The second-order valence-corrected chi connectivity index (χ2v) is 4.49. The number of ether oxygens (including phenoxy) is 2. The maximum Gasteiger partial charge on any atom is 0.309 e. The van der Waals surface area contributed by atoms with Gasteiger partial charge in [-0.15, -0.1) is 0 Å². The predicted molar refractivity (Wildman–Crippen MR) is 49.5 cm³/mol. The van der Waals surface area contributed by atoms with Gasteiger partial charge in [0.15, 0.2) is 0 Å². The van der Waals surface area contributed by atoms with Gasteiger partial charge in [0.2, 0.25) is 0 Å². The Kier molecular flexibility index (Phi) is 1.57. The number of rotatable bonds is 1. The SMILES string of the molecule is COC(=O)[C@@H]1[C@@H]2C=C[C@@]23COCC[C@@H]13. The van der Waals surface area contributed by atoms with E-state index in [1.807, 2.05) is 0 Å². The molecular formula is C11H14O3. The highest BCUT2D eigenvalue weighted by atomic mass is 16.5. The lowest BCUT2D eigenvalue weighted by Crippen LogP contribution is -2.66. The number of carbonyl (C=O) groups is 1. The number of methoxy groups -OCH3 is 1. The third-order valence-electron chi connectivity index (χ3n) is 4.14. The molecule has 0 aromatic rings. The topological polar surface area (TPSA) is 35.5 Å². The Hall–Kier alpha value is -0.830. The molecule has 3 aliphatic rings. The molecule has 3 heteroatoms. The first kappa shape index (κ1) is 8.48. The van der Waals surface area contributed by atoms with Crippen molar-refractivity contribution in [3.8, 4) is 0 Å². The van der Waals surface area contributed by atoms with Crippen molar-refractivity contribution in [1.82, 2.24) is 0 Å². The maximum absolute atomic E-state index is 11.5. The average molecular weight is 194 g/mol. The van der Waals surface area contributed by atoms with E-state index < -0.39 is 0 Å². The van der Waals surface area contributed by atoms with Crippen LogP contribution < -0.4 is 0 Å². The molecule has 0 aromatic heterocycles. The van der Waals surface area contributed by atoms with Crippen LogP contribution in [0.4, 0.5) is 0 Å². The molecule has 0 bridgehead atoms. The third-order valence-corrected chi connectivity index (χ3v) is 4.14. The molecular weight excluding hydrogens is 180 g/mol. The molecule has 0 unspecified atom stereocenters. The summed E-state index contributed by atoms with van der Waals surface area (Å²) < 4.78 is 10.3. The van der Waals surface area contributed by atoms with Crippen LogP contribution in [0.5, 0.6) is 0 Å². The van der Waals surface area contributed by atoms with Gasteiger partial charge in [-0.1, -0.05) is 12.2 Å². The number of esters is 1. The van der Waals surface area contributed by atoms with Crippen molar-refractivity contribution in [1.29, 1.82) is 0 Å². The van der Waals surface area contributed by atoms with E-state index in [0.717, 1.165) is 19.6 Å². The van der Waals surface area contributed by atoms with Gasteiger partial charge >= 0.3 is 5.97 Å². The van der Waals surface area contributed by atoms with Crippen molar-refractivity contribution in [2.75, 3.05) is 20.3 Å². The van der Waals surface area contributed by atoms with Crippen molar-refractivity contribution >= 4 is 5.97 Å². The van der Waals surface area contributed by atoms with Crippen LogP contribution in [0, 0.1) is 23.2 Å². The van der Waals surface area contributed by atoms with E-state index in [1.54, 1.807) is 0 Å². The molecule has 4 atom stereocenters. The summed E-state index contributed by atoms with van der Waals surface area (Å²) in [6, 6.07) is 0. The lowest BCUT2D eigenvalue weighted by molar-refractivity contribution is -0.198. The summed E-state index contributed by atoms with van der Waals surface area (Å²) in [4.78, 5) is 11.5. The molecule has 1 spiro atoms. The molecule has 0 amide bonds. The third kappa shape index (κ3) is 0.753. The van der Waals surface area contributed by atoms with E-state index in [2.05, 4.69) is 12.2 Å². The zero-order valence-electron chi connectivity index (χ0n) is 8.23. The van der Waals surface area contributed by atoms with Gasteiger partial charge in [0.1, 0.15) is 0 Å². The minimum absolute atomic E-state index is 0.0399. The van der Waals surface area contributed by atoms with Crippen LogP contribution in [0.15, 0.2) is 12.2 Å². The molecule has 14 heavy (non-hydrogen) atoms. The summed E-state index contributed by atoms with van der Waals surface area (Å²) in [5.74, 6) is 0.926. The summed E-state index contributed by atoms with van der Waals surface area (Å²) in [6.45, 7) is 1.59. The van der Waals surface area contributed by atoms with Gasteiger partial charge in [0, 0.05) is 17.9 Å². The summed E-state index contributed by atoms with van der Waals surface area (Å²) in [5, 5.41) is 0. The zero-order valence-corrected chi connectivity index (χ0v) is 8.23. The molecule has 1 aliphatic heterocycles. The van der Waals surface area contributed by atoms with Crippen molar-refractivity contribution in [3.05, 3.63) is 12.2 Å². The van der Waals surface area contributed by atoms with E-state index in [-0.39, 0.29) is 17.3 Å². The van der Waals surface area contributed by atoms with Crippen molar-refractivity contribution < 1.29 is 14.3 Å². The van der Waals surface area contributed by atoms with Crippen molar-refractivity contribution in [2.45, 2.75) is 6.42 Å². The van der Waals surface area contributed by atoms with E-state index in [0.29, 0.717) is 11.8 Å². The van der Waals surface area contributed by atoms with Gasteiger partial charge in [-0.25, -0.2) is 0 Å². The van der Waals surface area contributed by atoms with E-state index in [1.165, 1.54) is 7.11 Å². The largest absolute Gasteiger partial charge is 0.469 e. The summed E-state index contributed by atoms with van der Waals surface area (Å²) in [7, 11) is 1.48. The first-order chi connectivity index (χ1) is 6.79. The minimum Gasteiger partial charge on any atom is -0.469 e. The molecule has 3 rings (SSSR count). The monoisotopic (exact) mass is 194 g/mol. The fourth-order valence-corrected chi connectivity index (χ4v) is 3.35. The number of carbonyl (C=O) groups excluding carboxylic acids is 1. The molecule has 2 fully saturated rings. The van der Waals surface area contributed by atoms with Gasteiger partial charge < -0.3 is 9.47 Å². The van der Waals surface area contributed by atoms with Crippen LogP contribution in [0.3, 0.4) is 0 Å². The normalized spacial score (nSPS) is 48.2. The highest BCUT2D eigenvalue weighted by Gasteiger charge is 2.67. The van der Waals surface area contributed by atoms with Crippen molar-refractivity contribution in [3.63, 3.8) is 0 Å². The van der Waals surface area contributed by atoms with E-state index >= 15 is 0 Å². The Morgan fingerprint density at radius 1 is 1.64 bits per heavy atom.